The van der Waals surface area contributed by atoms with Crippen molar-refractivity contribution in [3.63, 3.8) is 0 Å². The van der Waals surface area contributed by atoms with Gasteiger partial charge in [0.1, 0.15) is 73.7 Å². The average molecular weight is 893 g/mol. The summed E-state index contributed by atoms with van der Waals surface area (Å²) in [5, 5.41) is 0. The summed E-state index contributed by atoms with van der Waals surface area (Å²) in [5.74, 6) is 2.51. The Hall–Kier alpha value is -6.96. The van der Waals surface area contributed by atoms with Gasteiger partial charge in [0.25, 0.3) is 0 Å². The van der Waals surface area contributed by atoms with Crippen LogP contribution in [0.25, 0.3) is 0 Å². The summed E-state index contributed by atoms with van der Waals surface area (Å²) in [6.07, 6.45) is 6.66. The molecule has 0 N–H and O–H groups in total. The SMILES string of the molecule is CC(C)(c1ccc(OCC2=C[C@@H]3O[C@H]2c2ccccc23)cc1)c1ccc(C(C)(c2ccc(OCC3=C[C@@H]4O[C@H]3c3ccccc34)cc2)c2ccc(OCC3=C[C@@H]4O[C@H]3c3ccccc34)cc2)cc1. The van der Waals surface area contributed by atoms with Crippen LogP contribution in [-0.2, 0) is 25.0 Å². The zero-order valence-corrected chi connectivity index (χ0v) is 38.4. The van der Waals surface area contributed by atoms with E-state index in [9.17, 15) is 0 Å². The highest BCUT2D eigenvalue weighted by Crippen LogP contribution is 2.52. The molecule has 0 radical (unpaired) electrons. The first-order chi connectivity index (χ1) is 33.3. The molecule has 68 heavy (non-hydrogen) atoms. The highest BCUT2D eigenvalue weighted by molar-refractivity contribution is 5.54. The van der Waals surface area contributed by atoms with Gasteiger partial charge in [0.2, 0.25) is 0 Å². The first-order valence-electron chi connectivity index (χ1n) is 23.9. The minimum Gasteiger partial charge on any atom is -0.489 e. The zero-order valence-electron chi connectivity index (χ0n) is 38.4. The van der Waals surface area contributed by atoms with E-state index in [1.54, 1.807) is 0 Å². The van der Waals surface area contributed by atoms with Crippen LogP contribution < -0.4 is 14.2 Å². The van der Waals surface area contributed by atoms with Crippen molar-refractivity contribution in [2.75, 3.05) is 19.8 Å². The third-order valence-electron chi connectivity index (χ3n) is 15.5. The van der Waals surface area contributed by atoms with E-state index in [2.05, 4.69) is 209 Å². The minimum absolute atomic E-state index is 0.00827. The molecule has 0 aromatic heterocycles. The Morgan fingerprint density at radius 1 is 0.338 bits per heavy atom. The van der Waals surface area contributed by atoms with Gasteiger partial charge in [-0.2, -0.15) is 0 Å². The standard InChI is InChI=1S/C62H52O6/c1-61(2,42-20-26-46(27-21-42)63-35-38-32-55-49-10-4-7-13-52(49)58(38)66-55)41-16-18-43(19-17-41)62(3,44-22-28-47(29-23-44)64-36-39-33-56-50-11-5-8-14-53(50)59(39)67-56)45-24-30-48(31-25-45)65-37-40-34-57-51-12-6-9-15-54(51)60(40)68-57/h4-34,55-60H,35-37H2,1-3H3/t55-,56-,57-,58+,59+,60+/m0/s1. The van der Waals surface area contributed by atoms with Crippen LogP contribution in [0, 0.1) is 0 Å². The predicted octanol–water partition coefficient (Wildman–Crippen LogP) is 13.8. The first kappa shape index (κ1) is 41.2. The fourth-order valence-corrected chi connectivity index (χ4v) is 11.5. The van der Waals surface area contributed by atoms with Crippen LogP contribution in [0.5, 0.6) is 17.2 Å². The predicted molar refractivity (Wildman–Crippen MR) is 263 cm³/mol. The highest BCUT2D eigenvalue weighted by atomic mass is 16.5. The third kappa shape index (κ3) is 6.80. The lowest BCUT2D eigenvalue weighted by atomic mass is 9.70. The van der Waals surface area contributed by atoms with Crippen LogP contribution >= 0.6 is 0 Å². The fourth-order valence-electron chi connectivity index (χ4n) is 11.5. The molecule has 0 saturated carbocycles. The average Bonchev–Trinajstić information content (AvgIpc) is 4.28. The maximum Gasteiger partial charge on any atom is 0.119 e. The Balaban J connectivity index is 0.732. The lowest BCUT2D eigenvalue weighted by Crippen LogP contribution is -2.26. The Morgan fingerprint density at radius 3 is 0.926 bits per heavy atom. The van der Waals surface area contributed by atoms with Gasteiger partial charge in [-0.25, -0.2) is 0 Å². The molecular formula is C62H52O6. The molecule has 6 heterocycles. The van der Waals surface area contributed by atoms with E-state index in [0.29, 0.717) is 19.8 Å². The number of fused-ring (bicyclic) bond motifs is 15. The molecule has 6 aliphatic heterocycles. The van der Waals surface area contributed by atoms with Gasteiger partial charge in [-0.15, -0.1) is 0 Å². The molecule has 7 aromatic rings. The van der Waals surface area contributed by atoms with Crippen LogP contribution in [0.2, 0.25) is 0 Å². The van der Waals surface area contributed by atoms with Gasteiger partial charge in [0, 0.05) is 10.8 Å². The summed E-state index contributed by atoms with van der Waals surface area (Å²) in [4.78, 5) is 0. The second kappa shape index (κ2) is 16.1. The highest BCUT2D eigenvalue weighted by Gasteiger charge is 2.41. The molecule has 0 unspecified atom stereocenters. The van der Waals surface area contributed by atoms with E-state index in [1.165, 1.54) is 66.8 Å². The number of benzene rings is 7. The Kier molecular flexibility index (Phi) is 9.76. The van der Waals surface area contributed by atoms with Crippen LogP contribution in [-0.4, -0.2) is 19.8 Å². The molecule has 7 aromatic carbocycles. The number of rotatable bonds is 14. The second-order valence-electron chi connectivity index (χ2n) is 19.7. The fraction of sp³-hybridized carbons (Fsp3) is 0.226. The smallest absolute Gasteiger partial charge is 0.119 e. The van der Waals surface area contributed by atoms with Crippen LogP contribution in [0.1, 0.15) is 119 Å². The lowest BCUT2D eigenvalue weighted by molar-refractivity contribution is 0.0791. The van der Waals surface area contributed by atoms with E-state index in [1.807, 2.05) is 0 Å². The van der Waals surface area contributed by atoms with Gasteiger partial charge in [0.15, 0.2) is 0 Å². The topological polar surface area (TPSA) is 55.4 Å². The third-order valence-corrected chi connectivity index (χ3v) is 15.5. The Morgan fingerprint density at radius 2 is 0.603 bits per heavy atom. The van der Waals surface area contributed by atoms with Crippen molar-refractivity contribution >= 4 is 0 Å². The molecule has 6 heteroatoms. The number of hydrogen-bond donors (Lipinski definition) is 0. The van der Waals surface area contributed by atoms with E-state index in [-0.39, 0.29) is 42.0 Å². The van der Waals surface area contributed by atoms with E-state index in [4.69, 9.17) is 28.4 Å². The maximum atomic E-state index is 6.43. The van der Waals surface area contributed by atoms with Gasteiger partial charge in [-0.05, 0) is 139 Å². The van der Waals surface area contributed by atoms with Crippen molar-refractivity contribution in [1.29, 1.82) is 0 Å². The Labute approximate surface area is 398 Å². The Bertz CT molecular complexity index is 3040. The van der Waals surface area contributed by atoms with Crippen LogP contribution in [0.3, 0.4) is 0 Å². The molecule has 0 saturated heterocycles. The molecule has 6 aliphatic rings. The monoisotopic (exact) mass is 892 g/mol. The maximum absolute atomic E-state index is 6.43. The zero-order chi connectivity index (χ0) is 45.6. The number of hydrogen-bond acceptors (Lipinski definition) is 6. The summed E-state index contributed by atoms with van der Waals surface area (Å²) in [6, 6.07) is 60.5. The van der Waals surface area contributed by atoms with Gasteiger partial charge in [0.05, 0.1) is 0 Å². The van der Waals surface area contributed by atoms with E-state index in [0.717, 1.165) is 28.4 Å². The van der Waals surface area contributed by atoms with Crippen molar-refractivity contribution < 1.29 is 28.4 Å². The molecule has 6 nitrogen and oxygen atoms in total. The van der Waals surface area contributed by atoms with E-state index >= 15 is 0 Å². The molecule has 0 fully saturated rings. The molecule has 6 bridgehead atoms. The van der Waals surface area contributed by atoms with Crippen molar-refractivity contribution in [2.24, 2.45) is 0 Å². The van der Waals surface area contributed by atoms with E-state index < -0.39 is 5.41 Å². The molecule has 0 amide bonds. The van der Waals surface area contributed by atoms with Gasteiger partial charge in [-0.1, -0.05) is 147 Å². The molecule has 0 aliphatic carbocycles. The largest absolute Gasteiger partial charge is 0.489 e. The van der Waals surface area contributed by atoms with Crippen molar-refractivity contribution in [3.05, 3.63) is 266 Å². The molecule has 0 spiro atoms. The van der Waals surface area contributed by atoms with Crippen molar-refractivity contribution in [2.45, 2.75) is 68.2 Å². The number of ether oxygens (including phenoxy) is 6. The summed E-state index contributed by atoms with van der Waals surface area (Å²) >= 11 is 0. The van der Waals surface area contributed by atoms with Gasteiger partial charge >= 0.3 is 0 Å². The molecular weight excluding hydrogens is 841 g/mol. The summed E-state index contributed by atoms with van der Waals surface area (Å²) in [6.45, 7) is 8.39. The molecule has 336 valence electrons. The lowest BCUT2D eigenvalue weighted by Gasteiger charge is -2.33. The second-order valence-corrected chi connectivity index (χ2v) is 19.7. The normalized spacial score (nSPS) is 22.3. The van der Waals surface area contributed by atoms with Crippen LogP contribution in [0.4, 0.5) is 0 Å². The molecule has 13 rings (SSSR count). The van der Waals surface area contributed by atoms with Crippen LogP contribution in [0.15, 0.2) is 205 Å². The van der Waals surface area contributed by atoms with Crippen molar-refractivity contribution in [1.82, 2.24) is 0 Å². The van der Waals surface area contributed by atoms with Gasteiger partial charge < -0.3 is 28.4 Å². The van der Waals surface area contributed by atoms with Gasteiger partial charge in [-0.3, -0.25) is 0 Å². The van der Waals surface area contributed by atoms with Crippen molar-refractivity contribution in [3.8, 4) is 17.2 Å². The summed E-state index contributed by atoms with van der Waals surface area (Å²) in [5.41, 5.74) is 16.3. The minimum atomic E-state index is -0.491. The summed E-state index contributed by atoms with van der Waals surface area (Å²) in [7, 11) is 0. The summed E-state index contributed by atoms with van der Waals surface area (Å²) < 4.78 is 38.0. The first-order valence-corrected chi connectivity index (χ1v) is 23.9. The molecule has 6 atom stereocenters. The quantitative estimate of drug-likeness (QED) is 0.0801.